The number of halogens is 3. The molecule has 106 valence electrons. The van der Waals surface area contributed by atoms with Crippen molar-refractivity contribution in [2.24, 2.45) is 5.41 Å². The highest BCUT2D eigenvalue weighted by Crippen LogP contribution is 2.46. The van der Waals surface area contributed by atoms with Crippen molar-refractivity contribution >= 4 is 0 Å². The molecule has 0 atom stereocenters. The Balaban J connectivity index is 1.73. The van der Waals surface area contributed by atoms with Crippen LogP contribution in [0.4, 0.5) is 13.2 Å². The third kappa shape index (κ3) is 2.22. The lowest BCUT2D eigenvalue weighted by Crippen LogP contribution is -2.62. The van der Waals surface area contributed by atoms with E-state index in [0.717, 1.165) is 38.1 Å². The third-order valence-corrected chi connectivity index (χ3v) is 4.04. The standard InChI is InChI=1S/C14H13F3N2O/c15-14(16,17)12-3-10(2-1-9(12)6-18)20-11-4-13(5-11)7-19-8-13/h1-3,11,19H,4-5,7-8H2. The highest BCUT2D eigenvalue weighted by Gasteiger charge is 2.49. The van der Waals surface area contributed by atoms with Crippen molar-refractivity contribution in [1.29, 1.82) is 5.26 Å². The fourth-order valence-electron chi connectivity index (χ4n) is 2.88. The molecule has 1 aliphatic carbocycles. The number of ether oxygens (including phenoxy) is 1. The second-order valence-electron chi connectivity index (χ2n) is 5.57. The molecule has 1 N–H and O–H groups in total. The van der Waals surface area contributed by atoms with Gasteiger partial charge < -0.3 is 10.1 Å². The first kappa shape index (κ1) is 13.3. The molecule has 1 aromatic rings. The van der Waals surface area contributed by atoms with Crippen LogP contribution in [0.15, 0.2) is 18.2 Å². The number of hydrogen-bond donors (Lipinski definition) is 1. The van der Waals surface area contributed by atoms with E-state index in [4.69, 9.17) is 10.00 Å². The van der Waals surface area contributed by atoms with Crippen molar-refractivity contribution in [2.45, 2.75) is 25.1 Å². The van der Waals surface area contributed by atoms with E-state index in [2.05, 4.69) is 5.32 Å². The quantitative estimate of drug-likeness (QED) is 0.907. The van der Waals surface area contributed by atoms with E-state index in [1.54, 1.807) is 6.07 Å². The zero-order valence-corrected chi connectivity index (χ0v) is 10.6. The van der Waals surface area contributed by atoms with E-state index in [1.807, 2.05) is 0 Å². The molecule has 0 unspecified atom stereocenters. The minimum atomic E-state index is -4.54. The van der Waals surface area contributed by atoms with Crippen molar-refractivity contribution in [3.8, 4) is 11.8 Å². The molecule has 1 heterocycles. The number of benzene rings is 1. The van der Waals surface area contributed by atoms with Crippen LogP contribution in [0.3, 0.4) is 0 Å². The molecular weight excluding hydrogens is 269 g/mol. The maximum Gasteiger partial charge on any atom is 0.417 e. The number of nitrogens with one attached hydrogen (secondary N) is 1. The van der Waals surface area contributed by atoms with Gasteiger partial charge in [-0.15, -0.1) is 0 Å². The molecule has 0 aromatic heterocycles. The molecular formula is C14H13F3N2O. The van der Waals surface area contributed by atoms with Crippen LogP contribution in [0.2, 0.25) is 0 Å². The van der Waals surface area contributed by atoms with E-state index in [9.17, 15) is 13.2 Å². The number of nitriles is 1. The summed E-state index contributed by atoms with van der Waals surface area (Å²) in [7, 11) is 0. The summed E-state index contributed by atoms with van der Waals surface area (Å²) in [6, 6.07) is 5.07. The molecule has 6 heteroatoms. The maximum absolute atomic E-state index is 12.8. The van der Waals surface area contributed by atoms with E-state index < -0.39 is 11.7 Å². The predicted octanol–water partition coefficient (Wildman–Crippen LogP) is 2.71. The van der Waals surface area contributed by atoms with Gasteiger partial charge in [-0.05, 0) is 31.0 Å². The molecule has 3 rings (SSSR count). The Morgan fingerprint density at radius 3 is 2.50 bits per heavy atom. The summed E-state index contributed by atoms with van der Waals surface area (Å²) in [5.41, 5.74) is -1.00. The average molecular weight is 282 g/mol. The normalized spacial score (nSPS) is 20.9. The van der Waals surface area contributed by atoms with Gasteiger partial charge in [-0.1, -0.05) is 0 Å². The average Bonchev–Trinajstić information content (AvgIpc) is 2.29. The van der Waals surface area contributed by atoms with Crippen molar-refractivity contribution in [3.05, 3.63) is 29.3 Å². The van der Waals surface area contributed by atoms with Crippen LogP contribution in [0.5, 0.6) is 5.75 Å². The van der Waals surface area contributed by atoms with Gasteiger partial charge in [0.2, 0.25) is 0 Å². The molecule has 0 radical (unpaired) electrons. The molecule has 1 saturated heterocycles. The molecule has 3 nitrogen and oxygen atoms in total. The lowest BCUT2D eigenvalue weighted by Gasteiger charge is -2.53. The van der Waals surface area contributed by atoms with Gasteiger partial charge in [-0.2, -0.15) is 18.4 Å². The van der Waals surface area contributed by atoms with Crippen LogP contribution in [0.1, 0.15) is 24.0 Å². The fraction of sp³-hybridized carbons (Fsp3) is 0.500. The summed E-state index contributed by atoms with van der Waals surface area (Å²) >= 11 is 0. The minimum absolute atomic E-state index is 0.0221. The summed E-state index contributed by atoms with van der Waals surface area (Å²) < 4.78 is 44.0. The second kappa shape index (κ2) is 4.38. The molecule has 1 aromatic carbocycles. The second-order valence-corrected chi connectivity index (χ2v) is 5.57. The highest BCUT2D eigenvalue weighted by molar-refractivity contribution is 5.44. The van der Waals surface area contributed by atoms with E-state index in [1.165, 1.54) is 6.07 Å². The van der Waals surface area contributed by atoms with Gasteiger partial charge in [0, 0.05) is 18.5 Å². The lowest BCUT2D eigenvalue weighted by molar-refractivity contribution is -0.138. The SMILES string of the molecule is N#Cc1ccc(OC2CC3(CNC3)C2)cc1C(F)(F)F. The van der Waals surface area contributed by atoms with Crippen molar-refractivity contribution in [3.63, 3.8) is 0 Å². The molecule has 0 amide bonds. The first-order valence-corrected chi connectivity index (χ1v) is 6.41. The van der Waals surface area contributed by atoms with Crippen molar-refractivity contribution in [1.82, 2.24) is 5.32 Å². The number of hydrogen-bond acceptors (Lipinski definition) is 3. The van der Waals surface area contributed by atoms with E-state index in [-0.39, 0.29) is 17.4 Å². The van der Waals surface area contributed by atoms with Crippen LogP contribution in [0.25, 0.3) is 0 Å². The maximum atomic E-state index is 12.8. The Labute approximate surface area is 114 Å². The predicted molar refractivity (Wildman–Crippen MR) is 65.1 cm³/mol. The Morgan fingerprint density at radius 2 is 2.00 bits per heavy atom. The van der Waals surface area contributed by atoms with Crippen LogP contribution >= 0.6 is 0 Å². The minimum Gasteiger partial charge on any atom is -0.490 e. The molecule has 0 bridgehead atoms. The van der Waals surface area contributed by atoms with E-state index in [0.29, 0.717) is 5.41 Å². The highest BCUT2D eigenvalue weighted by atomic mass is 19.4. The molecule has 2 aliphatic rings. The van der Waals surface area contributed by atoms with Gasteiger partial charge in [0.05, 0.1) is 23.3 Å². The zero-order valence-electron chi connectivity index (χ0n) is 10.6. The van der Waals surface area contributed by atoms with Gasteiger partial charge in [0.25, 0.3) is 0 Å². The van der Waals surface area contributed by atoms with Crippen LogP contribution in [-0.4, -0.2) is 19.2 Å². The number of alkyl halides is 3. The van der Waals surface area contributed by atoms with Gasteiger partial charge >= 0.3 is 6.18 Å². The fourth-order valence-corrected chi connectivity index (χ4v) is 2.88. The smallest absolute Gasteiger partial charge is 0.417 e. The molecule has 20 heavy (non-hydrogen) atoms. The summed E-state index contributed by atoms with van der Waals surface area (Å²) in [4.78, 5) is 0. The largest absolute Gasteiger partial charge is 0.490 e. The Morgan fingerprint density at radius 1 is 1.30 bits per heavy atom. The van der Waals surface area contributed by atoms with Gasteiger partial charge in [-0.25, -0.2) is 0 Å². The molecule has 1 saturated carbocycles. The number of nitrogens with zero attached hydrogens (tertiary/aromatic N) is 1. The van der Waals surface area contributed by atoms with Gasteiger partial charge in [0.1, 0.15) is 5.75 Å². The zero-order chi connectivity index (χ0) is 14.4. The Kier molecular flexibility index (Phi) is 2.91. The monoisotopic (exact) mass is 282 g/mol. The topological polar surface area (TPSA) is 45.0 Å². The number of rotatable bonds is 2. The first-order valence-electron chi connectivity index (χ1n) is 6.41. The summed E-state index contributed by atoms with van der Waals surface area (Å²) in [6.45, 7) is 1.93. The summed E-state index contributed by atoms with van der Waals surface area (Å²) in [5.74, 6) is 0.184. The van der Waals surface area contributed by atoms with Crippen molar-refractivity contribution < 1.29 is 17.9 Å². The Hall–Kier alpha value is -1.74. The van der Waals surface area contributed by atoms with Gasteiger partial charge in [-0.3, -0.25) is 0 Å². The van der Waals surface area contributed by atoms with E-state index >= 15 is 0 Å². The summed E-state index contributed by atoms with van der Waals surface area (Å²) in [5, 5.41) is 11.9. The third-order valence-electron chi connectivity index (χ3n) is 4.04. The van der Waals surface area contributed by atoms with Crippen LogP contribution in [0, 0.1) is 16.7 Å². The van der Waals surface area contributed by atoms with Crippen molar-refractivity contribution in [2.75, 3.05) is 13.1 Å². The molecule has 1 aliphatic heterocycles. The van der Waals surface area contributed by atoms with Crippen LogP contribution in [-0.2, 0) is 6.18 Å². The summed E-state index contributed by atoms with van der Waals surface area (Å²) in [6.07, 6.45) is -2.81. The Bertz CT molecular complexity index is 565. The molecule has 2 fully saturated rings. The van der Waals surface area contributed by atoms with Crippen LogP contribution < -0.4 is 10.1 Å². The molecule has 1 spiro atoms. The van der Waals surface area contributed by atoms with Gasteiger partial charge in [0.15, 0.2) is 0 Å². The lowest BCUT2D eigenvalue weighted by atomic mass is 9.63. The first-order chi connectivity index (χ1) is 9.42.